The summed E-state index contributed by atoms with van der Waals surface area (Å²) in [5.41, 5.74) is 1.58. The number of carbonyl (C=O) groups excluding carboxylic acids is 1. The summed E-state index contributed by atoms with van der Waals surface area (Å²) < 4.78 is 0. The van der Waals surface area contributed by atoms with E-state index in [2.05, 4.69) is 36.3 Å². The van der Waals surface area contributed by atoms with Crippen molar-refractivity contribution in [1.29, 1.82) is 0 Å². The van der Waals surface area contributed by atoms with Crippen LogP contribution in [-0.2, 0) is 17.6 Å². The van der Waals surface area contributed by atoms with Crippen LogP contribution < -0.4 is 5.32 Å². The monoisotopic (exact) mass is 302 g/mol. The first-order chi connectivity index (χ1) is 10.5. The number of hydrogen-bond donors (Lipinski definition) is 2. The van der Waals surface area contributed by atoms with Gasteiger partial charge in [-0.3, -0.25) is 4.79 Å². The Labute approximate surface area is 132 Å². The van der Waals surface area contributed by atoms with Crippen molar-refractivity contribution in [3.63, 3.8) is 0 Å². The molecule has 1 fully saturated rings. The van der Waals surface area contributed by atoms with Crippen LogP contribution in [0.3, 0.4) is 0 Å². The first-order valence-electron chi connectivity index (χ1n) is 8.24. The Hall–Kier alpha value is -1.39. The van der Waals surface area contributed by atoms with Crippen molar-refractivity contribution in [3.05, 3.63) is 35.4 Å². The number of benzene rings is 1. The molecule has 1 aliphatic carbocycles. The first-order valence-corrected chi connectivity index (χ1v) is 8.24. The van der Waals surface area contributed by atoms with Gasteiger partial charge in [0.2, 0.25) is 5.91 Å². The summed E-state index contributed by atoms with van der Waals surface area (Å²) in [6.07, 6.45) is 3.08. The maximum Gasteiger partial charge on any atom is 0.223 e. The van der Waals surface area contributed by atoms with Gasteiger partial charge in [-0.05, 0) is 44.5 Å². The van der Waals surface area contributed by atoms with Gasteiger partial charge in [0.1, 0.15) is 0 Å². The fraction of sp³-hybridized carbons (Fsp3) is 0.611. The van der Waals surface area contributed by atoms with E-state index in [0.29, 0.717) is 25.4 Å². The second-order valence-electron chi connectivity index (χ2n) is 7.12. The molecule has 2 atom stereocenters. The molecule has 1 aromatic carbocycles. The van der Waals surface area contributed by atoms with E-state index in [-0.39, 0.29) is 11.8 Å². The maximum absolute atomic E-state index is 12.4. The van der Waals surface area contributed by atoms with Gasteiger partial charge in [0.25, 0.3) is 0 Å². The molecule has 1 amide bonds. The Bertz CT molecular complexity index is 533. The Kier molecular flexibility index (Phi) is 4.24. The number of piperidine rings is 1. The topological polar surface area (TPSA) is 52.6 Å². The van der Waals surface area contributed by atoms with Crippen LogP contribution in [0.25, 0.3) is 0 Å². The molecule has 1 heterocycles. The van der Waals surface area contributed by atoms with E-state index in [1.165, 1.54) is 11.1 Å². The molecular weight excluding hydrogens is 276 g/mol. The van der Waals surface area contributed by atoms with Crippen molar-refractivity contribution in [2.45, 2.75) is 44.2 Å². The fourth-order valence-electron chi connectivity index (χ4n) is 3.72. The molecule has 2 N–H and O–H groups in total. The number of aliphatic hydroxyl groups is 1. The third-order valence-electron chi connectivity index (χ3n) is 5.33. The molecule has 0 saturated carbocycles. The van der Waals surface area contributed by atoms with Crippen LogP contribution in [0.1, 0.15) is 30.9 Å². The van der Waals surface area contributed by atoms with Gasteiger partial charge in [0.15, 0.2) is 0 Å². The Morgan fingerprint density at radius 1 is 1.36 bits per heavy atom. The van der Waals surface area contributed by atoms with Crippen molar-refractivity contribution in [3.8, 4) is 0 Å². The van der Waals surface area contributed by atoms with Gasteiger partial charge >= 0.3 is 0 Å². The summed E-state index contributed by atoms with van der Waals surface area (Å²) in [6, 6.07) is 8.58. The third kappa shape index (κ3) is 3.18. The summed E-state index contributed by atoms with van der Waals surface area (Å²) >= 11 is 0. The number of nitrogens with zero attached hydrogens (tertiary/aromatic N) is 1. The van der Waals surface area contributed by atoms with Crippen molar-refractivity contribution in [2.24, 2.45) is 5.92 Å². The minimum atomic E-state index is -0.823. The van der Waals surface area contributed by atoms with Gasteiger partial charge in [0, 0.05) is 31.3 Å². The smallest absolute Gasteiger partial charge is 0.223 e. The highest BCUT2D eigenvalue weighted by atomic mass is 16.3. The summed E-state index contributed by atoms with van der Waals surface area (Å²) in [7, 11) is 2.11. The van der Waals surface area contributed by atoms with Gasteiger partial charge in [-0.15, -0.1) is 0 Å². The number of fused-ring (bicyclic) bond motifs is 1. The van der Waals surface area contributed by atoms with Gasteiger partial charge < -0.3 is 15.3 Å². The summed E-state index contributed by atoms with van der Waals surface area (Å²) in [5.74, 6) is 0.183. The minimum absolute atomic E-state index is 0.0820. The highest BCUT2D eigenvalue weighted by Crippen LogP contribution is 2.29. The van der Waals surface area contributed by atoms with Gasteiger partial charge in [-0.25, -0.2) is 0 Å². The molecule has 0 spiro atoms. The number of amides is 1. The van der Waals surface area contributed by atoms with Crippen LogP contribution in [0.5, 0.6) is 0 Å². The Morgan fingerprint density at radius 3 is 2.59 bits per heavy atom. The molecule has 4 nitrogen and oxygen atoms in total. The normalized spacial score (nSPS) is 27.4. The lowest BCUT2D eigenvalue weighted by molar-refractivity contribution is -0.128. The van der Waals surface area contributed by atoms with Crippen LogP contribution >= 0.6 is 0 Å². The lowest BCUT2D eigenvalue weighted by Gasteiger charge is -2.34. The average molecular weight is 302 g/mol. The number of nitrogens with one attached hydrogen (secondary N) is 1. The van der Waals surface area contributed by atoms with Crippen molar-refractivity contribution in [1.82, 2.24) is 10.2 Å². The summed E-state index contributed by atoms with van der Waals surface area (Å²) in [6.45, 7) is 3.48. The molecular formula is C18H26N2O2. The van der Waals surface area contributed by atoms with Gasteiger partial charge in [-0.2, -0.15) is 0 Å². The maximum atomic E-state index is 12.4. The lowest BCUT2D eigenvalue weighted by Crippen LogP contribution is -2.48. The second kappa shape index (κ2) is 6.01. The number of carbonyl (C=O) groups is 1. The van der Waals surface area contributed by atoms with Crippen molar-refractivity contribution >= 4 is 5.91 Å². The molecule has 0 bridgehead atoms. The highest BCUT2D eigenvalue weighted by molar-refractivity contribution is 5.78. The lowest BCUT2D eigenvalue weighted by atomic mass is 9.91. The quantitative estimate of drug-likeness (QED) is 0.886. The molecule has 22 heavy (non-hydrogen) atoms. The van der Waals surface area contributed by atoms with Crippen LogP contribution in [0, 0.1) is 5.92 Å². The predicted octanol–water partition coefficient (Wildman–Crippen LogP) is 1.36. The molecule has 1 aromatic rings. The second-order valence-corrected chi connectivity index (χ2v) is 7.12. The molecule has 0 unspecified atom stereocenters. The zero-order valence-electron chi connectivity index (χ0n) is 13.5. The molecule has 3 rings (SSSR count). The van der Waals surface area contributed by atoms with E-state index in [1.54, 1.807) is 0 Å². The zero-order valence-corrected chi connectivity index (χ0v) is 13.5. The molecule has 1 aliphatic heterocycles. The fourth-order valence-corrected chi connectivity index (χ4v) is 3.72. The SMILES string of the molecule is C[C@H]1C[C@@H](C(=O)NCC2(O)Cc3ccccc3C2)CCN1C. The van der Waals surface area contributed by atoms with Crippen molar-refractivity contribution in [2.75, 3.05) is 20.1 Å². The molecule has 1 saturated heterocycles. The summed E-state index contributed by atoms with van der Waals surface area (Å²) in [4.78, 5) is 14.7. The Morgan fingerprint density at radius 2 is 2.00 bits per heavy atom. The first kappa shape index (κ1) is 15.5. The largest absolute Gasteiger partial charge is 0.387 e. The predicted molar refractivity (Wildman–Crippen MR) is 86.6 cm³/mol. The Balaban J connectivity index is 1.54. The zero-order chi connectivity index (χ0) is 15.7. The molecule has 2 aliphatic rings. The van der Waals surface area contributed by atoms with Gasteiger partial charge in [0.05, 0.1) is 5.60 Å². The molecule has 4 heteroatoms. The summed E-state index contributed by atoms with van der Waals surface area (Å²) in [5, 5.41) is 13.7. The highest BCUT2D eigenvalue weighted by Gasteiger charge is 2.36. The number of likely N-dealkylation sites (tertiary alicyclic amines) is 1. The van der Waals surface area contributed by atoms with E-state index in [9.17, 15) is 9.90 Å². The molecule has 120 valence electrons. The van der Waals surface area contributed by atoms with Crippen molar-refractivity contribution < 1.29 is 9.90 Å². The number of rotatable bonds is 3. The standard InChI is InChI=1S/C18H26N2O2/c1-13-9-14(7-8-20(13)2)17(21)19-12-18(22)10-15-5-3-4-6-16(15)11-18/h3-6,13-14,22H,7-12H2,1-2H3,(H,19,21)/t13-,14-/m0/s1. The molecule has 0 aromatic heterocycles. The van der Waals surface area contributed by atoms with E-state index in [1.807, 2.05) is 12.1 Å². The van der Waals surface area contributed by atoms with Crippen LogP contribution in [-0.4, -0.2) is 47.7 Å². The van der Waals surface area contributed by atoms with E-state index in [4.69, 9.17) is 0 Å². The van der Waals surface area contributed by atoms with E-state index in [0.717, 1.165) is 19.4 Å². The average Bonchev–Trinajstić information content (AvgIpc) is 2.84. The van der Waals surface area contributed by atoms with E-state index < -0.39 is 5.60 Å². The minimum Gasteiger partial charge on any atom is -0.387 e. The van der Waals surface area contributed by atoms with Crippen LogP contribution in [0.4, 0.5) is 0 Å². The third-order valence-corrected chi connectivity index (χ3v) is 5.33. The van der Waals surface area contributed by atoms with Crippen LogP contribution in [0.15, 0.2) is 24.3 Å². The van der Waals surface area contributed by atoms with E-state index >= 15 is 0 Å². The number of hydrogen-bond acceptors (Lipinski definition) is 3. The molecule has 0 radical (unpaired) electrons. The van der Waals surface area contributed by atoms with Crippen LogP contribution in [0.2, 0.25) is 0 Å². The van der Waals surface area contributed by atoms with Gasteiger partial charge in [-0.1, -0.05) is 24.3 Å².